The molecule has 2 heterocycles. The zero-order chi connectivity index (χ0) is 20.2. The average molecular weight is 398 g/mol. The van der Waals surface area contributed by atoms with Crippen LogP contribution in [0.4, 0.5) is 5.95 Å². The van der Waals surface area contributed by atoms with E-state index in [0.717, 1.165) is 63.5 Å². The van der Waals surface area contributed by atoms with Crippen molar-refractivity contribution in [1.82, 2.24) is 25.5 Å². The average Bonchev–Trinajstić information content (AvgIpc) is 2.78. The normalized spacial score (nSPS) is 15.2. The minimum absolute atomic E-state index is 0.595. The third-order valence-electron chi connectivity index (χ3n) is 4.64. The fraction of sp³-hybridized carbons (Fsp3) is 0.476. The molecule has 0 bridgehead atoms. The Morgan fingerprint density at radius 3 is 2.52 bits per heavy atom. The van der Waals surface area contributed by atoms with Crippen LogP contribution in [0.15, 0.2) is 53.8 Å². The van der Waals surface area contributed by atoms with Crippen molar-refractivity contribution >= 4 is 11.9 Å². The molecule has 156 valence electrons. The van der Waals surface area contributed by atoms with Crippen LogP contribution in [0, 0.1) is 0 Å². The molecule has 0 unspecified atom stereocenters. The van der Waals surface area contributed by atoms with Crippen molar-refractivity contribution in [2.24, 2.45) is 4.99 Å². The van der Waals surface area contributed by atoms with Gasteiger partial charge >= 0.3 is 0 Å². The smallest absolute Gasteiger partial charge is 0.225 e. The fourth-order valence-electron chi connectivity index (χ4n) is 3.13. The zero-order valence-electron chi connectivity index (χ0n) is 17.1. The van der Waals surface area contributed by atoms with Crippen LogP contribution in [0.2, 0.25) is 0 Å². The Hall–Kier alpha value is -2.87. The predicted octanol–water partition coefficient (Wildman–Crippen LogP) is 1.23. The zero-order valence-corrected chi connectivity index (χ0v) is 17.1. The molecule has 8 nitrogen and oxygen atoms in total. The molecule has 1 aromatic carbocycles. The Morgan fingerprint density at radius 1 is 1.03 bits per heavy atom. The molecule has 0 saturated carbocycles. The number of nitrogens with one attached hydrogen (secondary N) is 2. The maximum Gasteiger partial charge on any atom is 0.225 e. The number of ether oxygens (including phenoxy) is 1. The maximum absolute atomic E-state index is 5.71. The molecule has 0 amide bonds. The lowest BCUT2D eigenvalue weighted by atomic mass is 10.3. The summed E-state index contributed by atoms with van der Waals surface area (Å²) in [6, 6.07) is 11.7. The molecule has 3 rings (SSSR count). The summed E-state index contributed by atoms with van der Waals surface area (Å²) < 4.78 is 5.71. The van der Waals surface area contributed by atoms with Crippen molar-refractivity contribution in [1.29, 1.82) is 0 Å². The number of hydrogen-bond acceptors (Lipinski definition) is 6. The molecule has 1 saturated heterocycles. The standard InChI is InChI=1S/C21H31N7O/c1-2-22-20(24-12-18-29-19-7-4-3-5-8-19)23-11-13-27-14-16-28(17-15-27)21-25-9-6-10-26-21/h3-10H,2,11-18H2,1H3,(H2,22,23,24). The Kier molecular flexibility index (Phi) is 8.53. The van der Waals surface area contributed by atoms with E-state index in [2.05, 4.69) is 42.3 Å². The first-order valence-electron chi connectivity index (χ1n) is 10.3. The highest BCUT2D eigenvalue weighted by atomic mass is 16.5. The second-order valence-corrected chi connectivity index (χ2v) is 6.73. The minimum Gasteiger partial charge on any atom is -0.492 e. The highest BCUT2D eigenvalue weighted by Crippen LogP contribution is 2.09. The van der Waals surface area contributed by atoms with E-state index >= 15 is 0 Å². The van der Waals surface area contributed by atoms with Gasteiger partial charge in [-0.25, -0.2) is 9.97 Å². The lowest BCUT2D eigenvalue weighted by Crippen LogP contribution is -2.48. The van der Waals surface area contributed by atoms with E-state index < -0.39 is 0 Å². The molecule has 0 spiro atoms. The number of nitrogens with zero attached hydrogens (tertiary/aromatic N) is 5. The summed E-state index contributed by atoms with van der Waals surface area (Å²) in [6.45, 7) is 9.81. The van der Waals surface area contributed by atoms with E-state index in [9.17, 15) is 0 Å². The summed E-state index contributed by atoms with van der Waals surface area (Å²) in [5.74, 6) is 2.54. The van der Waals surface area contributed by atoms with Crippen LogP contribution in [0.1, 0.15) is 6.92 Å². The third-order valence-corrected chi connectivity index (χ3v) is 4.64. The monoisotopic (exact) mass is 397 g/mol. The molecule has 0 aliphatic carbocycles. The van der Waals surface area contributed by atoms with Crippen LogP contribution in [0.5, 0.6) is 5.75 Å². The van der Waals surface area contributed by atoms with Crippen LogP contribution in [-0.4, -0.2) is 79.8 Å². The molecule has 0 atom stereocenters. The molecule has 1 aliphatic heterocycles. The first kappa shape index (κ1) is 20.9. The van der Waals surface area contributed by atoms with Crippen molar-refractivity contribution in [2.45, 2.75) is 6.92 Å². The van der Waals surface area contributed by atoms with E-state index in [0.29, 0.717) is 13.2 Å². The first-order chi connectivity index (χ1) is 14.3. The lowest BCUT2D eigenvalue weighted by Gasteiger charge is -2.34. The van der Waals surface area contributed by atoms with Gasteiger partial charge in [0.2, 0.25) is 5.95 Å². The lowest BCUT2D eigenvalue weighted by molar-refractivity contribution is 0.263. The van der Waals surface area contributed by atoms with Crippen molar-refractivity contribution in [3.8, 4) is 5.75 Å². The molecule has 2 aromatic rings. The molecule has 0 radical (unpaired) electrons. The molecule has 2 N–H and O–H groups in total. The summed E-state index contributed by atoms with van der Waals surface area (Å²) in [6.07, 6.45) is 3.59. The largest absolute Gasteiger partial charge is 0.492 e. The summed E-state index contributed by atoms with van der Waals surface area (Å²) in [5, 5.41) is 6.62. The number of para-hydroxylation sites is 1. The van der Waals surface area contributed by atoms with Gasteiger partial charge in [-0.3, -0.25) is 9.89 Å². The van der Waals surface area contributed by atoms with Crippen LogP contribution < -0.4 is 20.3 Å². The van der Waals surface area contributed by atoms with Gasteiger partial charge < -0.3 is 20.3 Å². The summed E-state index contributed by atoms with van der Waals surface area (Å²) >= 11 is 0. The van der Waals surface area contributed by atoms with Crippen LogP contribution >= 0.6 is 0 Å². The van der Waals surface area contributed by atoms with Gasteiger partial charge in [-0.1, -0.05) is 18.2 Å². The molecule has 29 heavy (non-hydrogen) atoms. The molecule has 1 fully saturated rings. The Bertz CT molecular complexity index is 718. The summed E-state index contributed by atoms with van der Waals surface area (Å²) in [7, 11) is 0. The third kappa shape index (κ3) is 7.23. The van der Waals surface area contributed by atoms with Crippen LogP contribution in [0.3, 0.4) is 0 Å². The van der Waals surface area contributed by atoms with Crippen molar-refractivity contribution in [3.05, 3.63) is 48.8 Å². The van der Waals surface area contributed by atoms with Gasteiger partial charge in [0, 0.05) is 51.7 Å². The number of benzene rings is 1. The van der Waals surface area contributed by atoms with Gasteiger partial charge in [-0.2, -0.15) is 0 Å². The molecule has 1 aromatic heterocycles. The van der Waals surface area contributed by atoms with E-state index in [4.69, 9.17) is 4.74 Å². The van der Waals surface area contributed by atoms with Crippen LogP contribution in [-0.2, 0) is 0 Å². The van der Waals surface area contributed by atoms with E-state index in [1.54, 1.807) is 12.4 Å². The quantitative estimate of drug-likeness (QED) is 0.374. The van der Waals surface area contributed by atoms with Gasteiger partial charge in [0.05, 0.1) is 13.1 Å². The number of anilines is 1. The topological polar surface area (TPSA) is 77.9 Å². The molecular formula is C21H31N7O. The Labute approximate surface area is 173 Å². The van der Waals surface area contributed by atoms with Crippen molar-refractivity contribution < 1.29 is 4.74 Å². The minimum atomic E-state index is 0.595. The van der Waals surface area contributed by atoms with Crippen molar-refractivity contribution in [2.75, 3.05) is 63.9 Å². The fourth-order valence-corrected chi connectivity index (χ4v) is 3.13. The van der Waals surface area contributed by atoms with Gasteiger partial charge in [-0.05, 0) is 25.1 Å². The highest BCUT2D eigenvalue weighted by Gasteiger charge is 2.18. The SMILES string of the molecule is CCNC(=NCCN1CCN(c2ncccn2)CC1)NCCOc1ccccc1. The predicted molar refractivity (Wildman–Crippen MR) is 117 cm³/mol. The first-order valence-corrected chi connectivity index (χ1v) is 10.3. The number of aliphatic imine (C=N–C) groups is 1. The van der Waals surface area contributed by atoms with E-state index in [1.165, 1.54) is 0 Å². The number of hydrogen-bond donors (Lipinski definition) is 2. The van der Waals surface area contributed by atoms with E-state index in [1.807, 2.05) is 36.4 Å². The van der Waals surface area contributed by atoms with Crippen LogP contribution in [0.25, 0.3) is 0 Å². The molecule has 1 aliphatic rings. The van der Waals surface area contributed by atoms with Gasteiger partial charge in [0.25, 0.3) is 0 Å². The number of rotatable bonds is 9. The van der Waals surface area contributed by atoms with E-state index in [-0.39, 0.29) is 0 Å². The second-order valence-electron chi connectivity index (χ2n) is 6.73. The highest BCUT2D eigenvalue weighted by molar-refractivity contribution is 5.79. The number of guanidine groups is 1. The molecular weight excluding hydrogens is 366 g/mol. The maximum atomic E-state index is 5.71. The molecule has 8 heteroatoms. The van der Waals surface area contributed by atoms with Gasteiger partial charge in [0.1, 0.15) is 12.4 Å². The van der Waals surface area contributed by atoms with Gasteiger partial charge in [0.15, 0.2) is 5.96 Å². The number of piperazine rings is 1. The number of aromatic nitrogens is 2. The summed E-state index contributed by atoms with van der Waals surface area (Å²) in [4.78, 5) is 18.0. The summed E-state index contributed by atoms with van der Waals surface area (Å²) in [5.41, 5.74) is 0. The Balaban J connectivity index is 1.34. The van der Waals surface area contributed by atoms with Crippen molar-refractivity contribution in [3.63, 3.8) is 0 Å². The van der Waals surface area contributed by atoms with Gasteiger partial charge in [-0.15, -0.1) is 0 Å². The Morgan fingerprint density at radius 2 is 1.79 bits per heavy atom. The second kappa shape index (κ2) is 11.9.